The molecular formula is C15H19N3O4. The van der Waals surface area contributed by atoms with Crippen LogP contribution in [0, 0.1) is 0 Å². The number of benzene rings is 1. The smallest absolute Gasteiger partial charge is 0.259 e. The van der Waals surface area contributed by atoms with Crippen molar-refractivity contribution in [3.63, 3.8) is 0 Å². The van der Waals surface area contributed by atoms with Gasteiger partial charge in [0.2, 0.25) is 5.91 Å². The molecule has 7 nitrogen and oxygen atoms in total. The second kappa shape index (κ2) is 7.44. The van der Waals surface area contributed by atoms with Gasteiger partial charge in [-0.3, -0.25) is 9.59 Å². The summed E-state index contributed by atoms with van der Waals surface area (Å²) in [4.78, 5) is 25.1. The SMILES string of the molecule is O=C(CN1CCCCCC1=O)N/N=C/c1ccc(O)cc1O. The van der Waals surface area contributed by atoms with Crippen LogP contribution in [0.5, 0.6) is 11.5 Å². The normalized spacial score (nSPS) is 15.8. The van der Waals surface area contributed by atoms with Gasteiger partial charge in [-0.25, -0.2) is 5.43 Å². The number of hydrazone groups is 1. The molecule has 3 N–H and O–H groups in total. The van der Waals surface area contributed by atoms with E-state index in [1.54, 1.807) is 0 Å². The molecule has 2 amide bonds. The molecule has 2 rings (SSSR count). The van der Waals surface area contributed by atoms with Gasteiger partial charge >= 0.3 is 0 Å². The van der Waals surface area contributed by atoms with Crippen molar-refractivity contribution in [2.45, 2.75) is 25.7 Å². The molecule has 22 heavy (non-hydrogen) atoms. The average Bonchev–Trinajstić information content (AvgIpc) is 2.66. The molecule has 0 bridgehead atoms. The fourth-order valence-electron chi connectivity index (χ4n) is 2.23. The van der Waals surface area contributed by atoms with Crippen LogP contribution in [0.15, 0.2) is 23.3 Å². The third-order valence-corrected chi connectivity index (χ3v) is 3.41. The van der Waals surface area contributed by atoms with E-state index in [0.29, 0.717) is 18.5 Å². The fourth-order valence-corrected chi connectivity index (χ4v) is 2.23. The molecule has 0 spiro atoms. The van der Waals surface area contributed by atoms with Crippen molar-refractivity contribution < 1.29 is 19.8 Å². The molecule has 1 fully saturated rings. The summed E-state index contributed by atoms with van der Waals surface area (Å²) in [5.41, 5.74) is 2.69. The number of amides is 2. The number of nitrogens with zero attached hydrogens (tertiary/aromatic N) is 2. The predicted octanol–water partition coefficient (Wildman–Crippen LogP) is 0.950. The molecule has 0 atom stereocenters. The van der Waals surface area contributed by atoms with E-state index in [4.69, 9.17) is 5.11 Å². The van der Waals surface area contributed by atoms with Crippen LogP contribution in [-0.2, 0) is 9.59 Å². The summed E-state index contributed by atoms with van der Waals surface area (Å²) in [6.07, 6.45) is 4.54. The minimum absolute atomic E-state index is 0.00666. The maximum Gasteiger partial charge on any atom is 0.259 e. The van der Waals surface area contributed by atoms with E-state index in [0.717, 1.165) is 19.3 Å². The first-order valence-electron chi connectivity index (χ1n) is 7.18. The number of hydrogen-bond donors (Lipinski definition) is 3. The minimum Gasteiger partial charge on any atom is -0.508 e. The highest BCUT2D eigenvalue weighted by molar-refractivity contribution is 5.87. The molecule has 0 unspecified atom stereocenters. The molecule has 0 saturated carbocycles. The number of rotatable bonds is 4. The van der Waals surface area contributed by atoms with Crippen LogP contribution >= 0.6 is 0 Å². The van der Waals surface area contributed by atoms with Gasteiger partial charge in [-0.2, -0.15) is 5.10 Å². The van der Waals surface area contributed by atoms with Crippen LogP contribution in [0.1, 0.15) is 31.2 Å². The van der Waals surface area contributed by atoms with Gasteiger partial charge < -0.3 is 15.1 Å². The molecule has 0 aliphatic carbocycles. The van der Waals surface area contributed by atoms with E-state index >= 15 is 0 Å². The van der Waals surface area contributed by atoms with E-state index < -0.39 is 0 Å². The Morgan fingerprint density at radius 1 is 1.32 bits per heavy atom. The number of nitrogens with one attached hydrogen (secondary N) is 1. The first-order valence-corrected chi connectivity index (χ1v) is 7.18. The molecule has 0 aromatic heterocycles. The number of likely N-dealkylation sites (tertiary alicyclic amines) is 1. The van der Waals surface area contributed by atoms with Crippen molar-refractivity contribution >= 4 is 18.0 Å². The van der Waals surface area contributed by atoms with Crippen LogP contribution < -0.4 is 5.43 Å². The zero-order chi connectivity index (χ0) is 15.9. The lowest BCUT2D eigenvalue weighted by atomic mass is 10.2. The van der Waals surface area contributed by atoms with Crippen molar-refractivity contribution in [2.24, 2.45) is 5.10 Å². The summed E-state index contributed by atoms with van der Waals surface area (Å²) in [6.45, 7) is 0.576. The van der Waals surface area contributed by atoms with Gasteiger partial charge in [-0.15, -0.1) is 0 Å². The van der Waals surface area contributed by atoms with E-state index in [9.17, 15) is 14.7 Å². The van der Waals surface area contributed by atoms with E-state index in [1.165, 1.54) is 29.3 Å². The number of carbonyl (C=O) groups is 2. The van der Waals surface area contributed by atoms with Crippen LogP contribution in [0.4, 0.5) is 0 Å². The number of phenolic OH excluding ortho intramolecular Hbond substituents is 2. The Bertz CT molecular complexity index is 586. The van der Waals surface area contributed by atoms with E-state index in [1.807, 2.05) is 0 Å². The Hall–Kier alpha value is -2.57. The maximum absolute atomic E-state index is 11.8. The molecule has 1 aliphatic heterocycles. The highest BCUT2D eigenvalue weighted by Gasteiger charge is 2.18. The third-order valence-electron chi connectivity index (χ3n) is 3.41. The largest absolute Gasteiger partial charge is 0.508 e. The lowest BCUT2D eigenvalue weighted by Crippen LogP contribution is -2.39. The maximum atomic E-state index is 11.8. The second-order valence-corrected chi connectivity index (χ2v) is 5.16. The number of carbonyl (C=O) groups excluding carboxylic acids is 2. The van der Waals surface area contributed by atoms with Crippen molar-refractivity contribution in [2.75, 3.05) is 13.1 Å². The summed E-state index contributed by atoms with van der Waals surface area (Å²) in [5.74, 6) is -0.586. The van der Waals surface area contributed by atoms with Gasteiger partial charge in [0.15, 0.2) is 0 Å². The quantitative estimate of drug-likeness (QED) is 0.569. The summed E-state index contributed by atoms with van der Waals surface area (Å²) in [5, 5.41) is 22.5. The standard InChI is InChI=1S/C15H19N3O4/c19-12-6-5-11(13(20)8-12)9-16-17-14(21)10-18-7-3-1-2-4-15(18)22/h5-6,8-9,19-20H,1-4,7,10H2,(H,17,21)/b16-9+. The highest BCUT2D eigenvalue weighted by Crippen LogP contribution is 2.20. The van der Waals surface area contributed by atoms with Crippen LogP contribution in [-0.4, -0.2) is 46.2 Å². The molecule has 118 valence electrons. The van der Waals surface area contributed by atoms with Crippen molar-refractivity contribution in [3.8, 4) is 11.5 Å². The zero-order valence-corrected chi connectivity index (χ0v) is 12.2. The molecule has 1 heterocycles. The highest BCUT2D eigenvalue weighted by atomic mass is 16.3. The second-order valence-electron chi connectivity index (χ2n) is 5.16. The van der Waals surface area contributed by atoms with Gasteiger partial charge in [-0.1, -0.05) is 6.42 Å². The van der Waals surface area contributed by atoms with Gasteiger partial charge in [0.1, 0.15) is 18.0 Å². The van der Waals surface area contributed by atoms with Crippen LogP contribution in [0.25, 0.3) is 0 Å². The molecule has 0 radical (unpaired) electrons. The molecule has 7 heteroatoms. The fraction of sp³-hybridized carbons (Fsp3) is 0.400. The number of hydrogen-bond acceptors (Lipinski definition) is 5. The van der Waals surface area contributed by atoms with Crippen molar-refractivity contribution in [1.82, 2.24) is 10.3 Å². The molecular weight excluding hydrogens is 286 g/mol. The Morgan fingerprint density at radius 3 is 2.91 bits per heavy atom. The summed E-state index contributed by atoms with van der Waals surface area (Å²) in [7, 11) is 0. The van der Waals surface area contributed by atoms with Gasteiger partial charge in [0, 0.05) is 24.6 Å². The Labute approximate surface area is 128 Å². The zero-order valence-electron chi connectivity index (χ0n) is 12.2. The van der Waals surface area contributed by atoms with E-state index in [-0.39, 0.29) is 29.9 Å². The number of aromatic hydroxyl groups is 2. The van der Waals surface area contributed by atoms with Gasteiger partial charge in [-0.05, 0) is 25.0 Å². The lowest BCUT2D eigenvalue weighted by Gasteiger charge is -2.18. The predicted molar refractivity (Wildman–Crippen MR) is 80.6 cm³/mol. The monoisotopic (exact) mass is 305 g/mol. The van der Waals surface area contributed by atoms with E-state index in [2.05, 4.69) is 10.5 Å². The number of phenols is 2. The molecule has 1 saturated heterocycles. The van der Waals surface area contributed by atoms with Crippen molar-refractivity contribution in [3.05, 3.63) is 23.8 Å². The van der Waals surface area contributed by atoms with Gasteiger partial charge in [0.05, 0.1) is 6.21 Å². The molecule has 1 aromatic rings. The van der Waals surface area contributed by atoms with Crippen LogP contribution in [0.3, 0.4) is 0 Å². The molecule has 1 aliphatic rings. The topological polar surface area (TPSA) is 102 Å². The molecule has 1 aromatic carbocycles. The lowest BCUT2D eigenvalue weighted by molar-refractivity contribution is -0.135. The van der Waals surface area contributed by atoms with Crippen molar-refractivity contribution in [1.29, 1.82) is 0 Å². The first kappa shape index (κ1) is 15.8. The average molecular weight is 305 g/mol. The summed E-state index contributed by atoms with van der Waals surface area (Å²) >= 11 is 0. The van der Waals surface area contributed by atoms with Crippen LogP contribution in [0.2, 0.25) is 0 Å². The minimum atomic E-state index is -0.384. The Kier molecular flexibility index (Phi) is 5.35. The first-order chi connectivity index (χ1) is 10.6. The summed E-state index contributed by atoms with van der Waals surface area (Å²) in [6, 6.07) is 4.05. The van der Waals surface area contributed by atoms with Gasteiger partial charge in [0.25, 0.3) is 5.91 Å². The Balaban J connectivity index is 1.86. The summed E-state index contributed by atoms with van der Waals surface area (Å²) < 4.78 is 0. The Morgan fingerprint density at radius 2 is 2.14 bits per heavy atom. The third kappa shape index (κ3) is 4.47.